The summed E-state index contributed by atoms with van der Waals surface area (Å²) in [5, 5.41) is 10.8. The van der Waals surface area contributed by atoms with Crippen molar-refractivity contribution in [1.29, 1.82) is 5.26 Å². The smallest absolute Gasteiger partial charge is 0.179 e. The maximum absolute atomic E-state index is 9.39. The van der Waals surface area contributed by atoms with Crippen LogP contribution < -0.4 is 0 Å². The molecule has 24 heavy (non-hydrogen) atoms. The Morgan fingerprint density at radius 3 is 2.50 bits per heavy atom. The molecule has 2 aromatic carbocycles. The molecule has 0 bridgehead atoms. The molecule has 0 atom stereocenters. The normalized spacial score (nSPS) is 11.3. The summed E-state index contributed by atoms with van der Waals surface area (Å²) in [6.45, 7) is 0. The molecule has 0 aliphatic heterocycles. The average Bonchev–Trinajstić information content (AvgIpc) is 2.95. The van der Waals surface area contributed by atoms with Crippen LogP contribution in [0.25, 0.3) is 11.6 Å². The van der Waals surface area contributed by atoms with Gasteiger partial charge in [-0.3, -0.25) is 0 Å². The van der Waals surface area contributed by atoms with Crippen molar-refractivity contribution in [3.8, 4) is 6.07 Å². The van der Waals surface area contributed by atoms with Crippen LogP contribution in [-0.2, 0) is 0 Å². The first-order valence-corrected chi connectivity index (χ1v) is 9.04. The fraction of sp³-hybridized carbons (Fsp3) is 0. The highest BCUT2D eigenvalue weighted by atomic mass is 79.9. The molecule has 0 saturated carbocycles. The minimum Gasteiger partial charge on any atom is -0.449 e. The summed E-state index contributed by atoms with van der Waals surface area (Å²) >= 11 is 10.9. The quantitative estimate of drug-likeness (QED) is 0.433. The Morgan fingerprint density at radius 2 is 1.83 bits per heavy atom. The highest BCUT2D eigenvalue weighted by Crippen LogP contribution is 2.37. The van der Waals surface area contributed by atoms with Crippen molar-refractivity contribution in [3.63, 3.8) is 0 Å². The number of benzene rings is 2. The van der Waals surface area contributed by atoms with Crippen LogP contribution in [0.15, 0.2) is 79.5 Å². The lowest BCUT2D eigenvalue weighted by molar-refractivity contribution is 0.463. The molecule has 0 amide bonds. The van der Waals surface area contributed by atoms with Gasteiger partial charge in [0.05, 0.1) is 16.1 Å². The summed E-state index contributed by atoms with van der Waals surface area (Å²) in [4.78, 5) is 1.02. The summed E-state index contributed by atoms with van der Waals surface area (Å²) in [5.74, 6) is 0.624. The first-order valence-electron chi connectivity index (χ1n) is 7.05. The largest absolute Gasteiger partial charge is 0.449 e. The van der Waals surface area contributed by atoms with Crippen molar-refractivity contribution in [2.24, 2.45) is 0 Å². The lowest BCUT2D eigenvalue weighted by Crippen LogP contribution is -1.79. The molecule has 3 rings (SSSR count). The summed E-state index contributed by atoms with van der Waals surface area (Å²) < 4.78 is 6.70. The van der Waals surface area contributed by atoms with Gasteiger partial charge in [0.2, 0.25) is 0 Å². The van der Waals surface area contributed by atoms with E-state index in [2.05, 4.69) is 22.0 Å². The molecular formula is C19H11BrClNOS. The van der Waals surface area contributed by atoms with Gasteiger partial charge in [-0.15, -0.1) is 0 Å². The van der Waals surface area contributed by atoms with E-state index < -0.39 is 0 Å². The van der Waals surface area contributed by atoms with Gasteiger partial charge < -0.3 is 4.42 Å². The van der Waals surface area contributed by atoms with E-state index in [-0.39, 0.29) is 0 Å². The van der Waals surface area contributed by atoms with Gasteiger partial charge in [-0.2, -0.15) is 5.26 Å². The second kappa shape index (κ2) is 7.76. The van der Waals surface area contributed by atoms with Gasteiger partial charge in [0.15, 0.2) is 5.09 Å². The van der Waals surface area contributed by atoms with Crippen molar-refractivity contribution in [2.75, 3.05) is 0 Å². The van der Waals surface area contributed by atoms with Crippen LogP contribution in [0.1, 0.15) is 11.3 Å². The number of hydrogen-bond donors (Lipinski definition) is 0. The second-order valence-corrected chi connectivity index (χ2v) is 7.21. The van der Waals surface area contributed by atoms with Gasteiger partial charge in [0, 0.05) is 9.92 Å². The number of nitriles is 1. The van der Waals surface area contributed by atoms with Gasteiger partial charge in [-0.25, -0.2) is 0 Å². The SMILES string of the molecule is N#C/C(=C\c1cc(Br)c(Sc2ccc(Cl)cc2)o1)c1ccccc1. The molecule has 0 radical (unpaired) electrons. The van der Waals surface area contributed by atoms with E-state index in [0.717, 1.165) is 20.0 Å². The van der Waals surface area contributed by atoms with Crippen molar-refractivity contribution in [2.45, 2.75) is 9.99 Å². The summed E-state index contributed by atoms with van der Waals surface area (Å²) in [6.07, 6.45) is 1.74. The highest BCUT2D eigenvalue weighted by Gasteiger charge is 2.11. The molecule has 0 spiro atoms. The first-order chi connectivity index (χ1) is 11.7. The Balaban J connectivity index is 1.87. The minimum atomic E-state index is 0.555. The van der Waals surface area contributed by atoms with E-state index in [1.807, 2.05) is 60.7 Å². The van der Waals surface area contributed by atoms with Gasteiger partial charge in [-0.1, -0.05) is 53.7 Å². The van der Waals surface area contributed by atoms with Crippen LogP contribution in [0.5, 0.6) is 0 Å². The van der Waals surface area contributed by atoms with Crippen molar-refractivity contribution >= 4 is 50.9 Å². The number of halogens is 2. The number of rotatable bonds is 4. The zero-order valence-electron chi connectivity index (χ0n) is 12.4. The molecule has 0 aliphatic rings. The fourth-order valence-electron chi connectivity index (χ4n) is 2.06. The Hall–Kier alpha value is -1.93. The van der Waals surface area contributed by atoms with Crippen molar-refractivity contribution in [3.05, 3.63) is 81.5 Å². The Labute approximate surface area is 157 Å². The number of allylic oxidation sites excluding steroid dienone is 1. The van der Waals surface area contributed by atoms with Gasteiger partial charge >= 0.3 is 0 Å². The maximum Gasteiger partial charge on any atom is 0.179 e. The topological polar surface area (TPSA) is 36.9 Å². The molecule has 0 N–H and O–H groups in total. The van der Waals surface area contributed by atoms with Crippen LogP contribution in [0.3, 0.4) is 0 Å². The predicted molar refractivity (Wildman–Crippen MR) is 102 cm³/mol. The predicted octanol–water partition coefficient (Wildman–Crippen LogP) is 6.91. The summed E-state index contributed by atoms with van der Waals surface area (Å²) in [6, 6.07) is 21.1. The molecule has 1 heterocycles. The van der Waals surface area contributed by atoms with Crippen LogP contribution in [0.2, 0.25) is 5.02 Å². The monoisotopic (exact) mass is 415 g/mol. The molecule has 0 unspecified atom stereocenters. The average molecular weight is 417 g/mol. The number of nitrogens with zero attached hydrogens (tertiary/aromatic N) is 1. The third-order valence-electron chi connectivity index (χ3n) is 3.19. The van der Waals surface area contributed by atoms with Crippen LogP contribution in [0, 0.1) is 11.3 Å². The first kappa shape index (κ1) is 16.9. The van der Waals surface area contributed by atoms with Gasteiger partial charge in [0.1, 0.15) is 5.76 Å². The third-order valence-corrected chi connectivity index (χ3v) is 5.29. The lowest BCUT2D eigenvalue weighted by atomic mass is 10.1. The number of hydrogen-bond acceptors (Lipinski definition) is 3. The van der Waals surface area contributed by atoms with Crippen LogP contribution in [-0.4, -0.2) is 0 Å². The Bertz CT molecular complexity index is 911. The standard InChI is InChI=1S/C19H11BrClNOS/c20-18-11-16(10-14(12-22)13-4-2-1-3-5-13)23-19(18)24-17-8-6-15(21)7-9-17/h1-11H/b14-10+. The Morgan fingerprint density at radius 1 is 1.12 bits per heavy atom. The molecule has 5 heteroatoms. The number of furan rings is 1. The zero-order valence-corrected chi connectivity index (χ0v) is 15.5. The molecule has 0 saturated heterocycles. The fourth-order valence-corrected chi connectivity index (χ4v) is 3.52. The summed E-state index contributed by atoms with van der Waals surface area (Å²) in [7, 11) is 0. The molecule has 2 nitrogen and oxygen atoms in total. The van der Waals surface area contributed by atoms with E-state index >= 15 is 0 Å². The molecule has 118 valence electrons. The van der Waals surface area contributed by atoms with Crippen molar-refractivity contribution in [1.82, 2.24) is 0 Å². The van der Waals surface area contributed by atoms with E-state index in [0.29, 0.717) is 16.4 Å². The maximum atomic E-state index is 9.39. The third kappa shape index (κ3) is 4.12. The molecule has 0 fully saturated rings. The minimum absolute atomic E-state index is 0.555. The van der Waals surface area contributed by atoms with E-state index in [1.54, 1.807) is 6.08 Å². The van der Waals surface area contributed by atoms with Crippen molar-refractivity contribution < 1.29 is 4.42 Å². The van der Waals surface area contributed by atoms with Crippen LogP contribution in [0.4, 0.5) is 0 Å². The van der Waals surface area contributed by atoms with E-state index in [4.69, 9.17) is 16.0 Å². The van der Waals surface area contributed by atoms with Gasteiger partial charge in [0.25, 0.3) is 0 Å². The molecule has 1 aromatic heterocycles. The van der Waals surface area contributed by atoms with Crippen LogP contribution >= 0.6 is 39.3 Å². The lowest BCUT2D eigenvalue weighted by Gasteiger charge is -1.99. The molecule has 3 aromatic rings. The second-order valence-electron chi connectivity index (χ2n) is 4.88. The summed E-state index contributed by atoms with van der Waals surface area (Å²) in [5.41, 5.74) is 1.42. The molecular weight excluding hydrogens is 406 g/mol. The van der Waals surface area contributed by atoms with Gasteiger partial charge in [-0.05, 0) is 57.9 Å². The zero-order chi connectivity index (χ0) is 16.9. The van der Waals surface area contributed by atoms with E-state index in [1.165, 1.54) is 11.8 Å². The highest BCUT2D eigenvalue weighted by molar-refractivity contribution is 9.10. The van der Waals surface area contributed by atoms with E-state index in [9.17, 15) is 5.26 Å². The molecule has 0 aliphatic carbocycles. The Kier molecular flexibility index (Phi) is 5.47.